The van der Waals surface area contributed by atoms with Gasteiger partial charge in [-0.05, 0) is 68.6 Å². The molecule has 2 N–H and O–H groups in total. The number of aryl methyl sites for hydroxylation is 2. The number of hydrogen-bond donors (Lipinski definition) is 2. The number of fused-ring (bicyclic) bond motifs is 1. The molecule has 0 aromatic heterocycles. The molecular formula is C18H26N2O. The Kier molecular flexibility index (Phi) is 4.59. The van der Waals surface area contributed by atoms with Gasteiger partial charge in [-0.1, -0.05) is 18.2 Å². The smallest absolute Gasteiger partial charge is 0.237 e. The minimum absolute atomic E-state index is 0.0430. The molecule has 1 aliphatic carbocycles. The van der Waals surface area contributed by atoms with Crippen LogP contribution in [0.15, 0.2) is 18.2 Å². The average Bonchev–Trinajstić information content (AvgIpc) is 2.72. The van der Waals surface area contributed by atoms with Crippen molar-refractivity contribution in [1.82, 2.24) is 10.6 Å². The maximum absolute atomic E-state index is 12.0. The molecule has 1 heterocycles. The zero-order chi connectivity index (χ0) is 14.7. The summed E-state index contributed by atoms with van der Waals surface area (Å²) in [4.78, 5) is 12.0. The van der Waals surface area contributed by atoms with Crippen molar-refractivity contribution in [3.05, 3.63) is 34.9 Å². The van der Waals surface area contributed by atoms with E-state index in [1.165, 1.54) is 42.4 Å². The van der Waals surface area contributed by atoms with Crippen molar-refractivity contribution in [3.8, 4) is 0 Å². The molecule has 2 atom stereocenters. The Morgan fingerprint density at radius 2 is 1.95 bits per heavy atom. The standard InChI is InChI=1S/C18H26N2O/c1-13(20-17-8-4-5-11-19-18(17)21)15-10-9-14-6-2-3-7-16(14)12-15/h9-10,12-13,17,20H,2-8,11H2,1H3,(H,19,21)/t13-,17+/m0/s1. The van der Waals surface area contributed by atoms with Crippen LogP contribution in [0.3, 0.4) is 0 Å². The molecule has 1 amide bonds. The molecule has 1 aromatic rings. The number of carbonyl (C=O) groups excluding carboxylic acids is 1. The fourth-order valence-corrected chi connectivity index (χ4v) is 3.52. The molecule has 0 unspecified atom stereocenters. The lowest BCUT2D eigenvalue weighted by molar-refractivity contribution is -0.123. The van der Waals surface area contributed by atoms with E-state index in [2.05, 4.69) is 35.8 Å². The first-order valence-electron chi connectivity index (χ1n) is 8.39. The summed E-state index contributed by atoms with van der Waals surface area (Å²) in [5, 5.41) is 6.52. The molecule has 0 radical (unpaired) electrons. The van der Waals surface area contributed by atoms with Crippen molar-refractivity contribution in [2.45, 2.75) is 64.0 Å². The second kappa shape index (κ2) is 6.61. The van der Waals surface area contributed by atoms with Crippen LogP contribution in [0.25, 0.3) is 0 Å². The summed E-state index contributed by atoms with van der Waals surface area (Å²) >= 11 is 0. The van der Waals surface area contributed by atoms with Gasteiger partial charge in [-0.2, -0.15) is 0 Å². The summed E-state index contributed by atoms with van der Waals surface area (Å²) in [5.41, 5.74) is 4.34. The van der Waals surface area contributed by atoms with Crippen molar-refractivity contribution < 1.29 is 4.79 Å². The van der Waals surface area contributed by atoms with Crippen LogP contribution in [0.2, 0.25) is 0 Å². The predicted octanol–water partition coefficient (Wildman–Crippen LogP) is 2.88. The van der Waals surface area contributed by atoms with Gasteiger partial charge in [0.25, 0.3) is 0 Å². The Balaban J connectivity index is 1.69. The highest BCUT2D eigenvalue weighted by Gasteiger charge is 2.22. The van der Waals surface area contributed by atoms with Crippen LogP contribution < -0.4 is 10.6 Å². The largest absolute Gasteiger partial charge is 0.355 e. The van der Waals surface area contributed by atoms with Gasteiger partial charge in [0.05, 0.1) is 6.04 Å². The Morgan fingerprint density at radius 3 is 2.81 bits per heavy atom. The van der Waals surface area contributed by atoms with Crippen LogP contribution in [0, 0.1) is 0 Å². The highest BCUT2D eigenvalue weighted by molar-refractivity contribution is 5.81. The van der Waals surface area contributed by atoms with Crippen LogP contribution in [-0.2, 0) is 17.6 Å². The van der Waals surface area contributed by atoms with E-state index in [1.54, 1.807) is 0 Å². The van der Waals surface area contributed by atoms with E-state index in [0.29, 0.717) is 0 Å². The van der Waals surface area contributed by atoms with E-state index in [-0.39, 0.29) is 18.0 Å². The summed E-state index contributed by atoms with van der Waals surface area (Å²) in [6.45, 7) is 2.99. The van der Waals surface area contributed by atoms with Crippen molar-refractivity contribution in [1.29, 1.82) is 0 Å². The molecule has 1 aromatic carbocycles. The summed E-state index contributed by atoms with van der Waals surface area (Å²) in [7, 11) is 0. The Bertz CT molecular complexity index is 512. The third-order valence-electron chi connectivity index (χ3n) is 4.86. The fourth-order valence-electron chi connectivity index (χ4n) is 3.52. The Morgan fingerprint density at radius 1 is 1.14 bits per heavy atom. The maximum Gasteiger partial charge on any atom is 0.237 e. The van der Waals surface area contributed by atoms with Crippen molar-refractivity contribution >= 4 is 5.91 Å². The predicted molar refractivity (Wildman–Crippen MR) is 85.3 cm³/mol. The second-order valence-corrected chi connectivity index (χ2v) is 6.46. The third kappa shape index (κ3) is 3.46. The summed E-state index contributed by atoms with van der Waals surface area (Å²) in [6, 6.07) is 7.05. The lowest BCUT2D eigenvalue weighted by Crippen LogP contribution is -2.43. The molecule has 2 aliphatic rings. The van der Waals surface area contributed by atoms with E-state index in [4.69, 9.17) is 0 Å². The molecule has 21 heavy (non-hydrogen) atoms. The molecule has 3 nitrogen and oxygen atoms in total. The Hall–Kier alpha value is -1.35. The van der Waals surface area contributed by atoms with E-state index >= 15 is 0 Å². The molecule has 0 spiro atoms. The number of rotatable bonds is 3. The maximum atomic E-state index is 12.0. The molecule has 1 aliphatic heterocycles. The second-order valence-electron chi connectivity index (χ2n) is 6.46. The Labute approximate surface area is 127 Å². The van der Waals surface area contributed by atoms with Gasteiger partial charge in [0.1, 0.15) is 0 Å². The first-order chi connectivity index (χ1) is 10.2. The fraction of sp³-hybridized carbons (Fsp3) is 0.611. The molecule has 1 fully saturated rings. The van der Waals surface area contributed by atoms with Gasteiger partial charge >= 0.3 is 0 Å². The lowest BCUT2D eigenvalue weighted by atomic mass is 9.89. The summed E-state index contributed by atoms with van der Waals surface area (Å²) in [5.74, 6) is 0.164. The molecule has 0 bridgehead atoms. The number of amides is 1. The van der Waals surface area contributed by atoms with Crippen molar-refractivity contribution in [2.75, 3.05) is 6.54 Å². The molecule has 1 saturated heterocycles. The first kappa shape index (κ1) is 14.6. The zero-order valence-electron chi connectivity index (χ0n) is 13.0. The number of hydrogen-bond acceptors (Lipinski definition) is 2. The quantitative estimate of drug-likeness (QED) is 0.897. The number of carbonyl (C=O) groups is 1. The normalized spacial score (nSPS) is 23.9. The number of nitrogens with one attached hydrogen (secondary N) is 2. The molecule has 3 heteroatoms. The van der Waals surface area contributed by atoms with Crippen molar-refractivity contribution in [3.63, 3.8) is 0 Å². The number of benzene rings is 1. The topological polar surface area (TPSA) is 41.1 Å². The van der Waals surface area contributed by atoms with E-state index < -0.39 is 0 Å². The van der Waals surface area contributed by atoms with Crippen molar-refractivity contribution in [2.24, 2.45) is 0 Å². The average molecular weight is 286 g/mol. The van der Waals surface area contributed by atoms with Gasteiger partial charge in [0, 0.05) is 12.6 Å². The lowest BCUT2D eigenvalue weighted by Gasteiger charge is -2.23. The van der Waals surface area contributed by atoms with Gasteiger partial charge in [-0.25, -0.2) is 0 Å². The van der Waals surface area contributed by atoms with Crippen LogP contribution in [0.5, 0.6) is 0 Å². The monoisotopic (exact) mass is 286 g/mol. The van der Waals surface area contributed by atoms with Crippen LogP contribution in [0.4, 0.5) is 0 Å². The van der Waals surface area contributed by atoms with E-state index in [9.17, 15) is 4.79 Å². The van der Waals surface area contributed by atoms with Crippen LogP contribution in [-0.4, -0.2) is 18.5 Å². The highest BCUT2D eigenvalue weighted by Crippen LogP contribution is 2.25. The van der Waals surface area contributed by atoms with Gasteiger partial charge in [-0.3, -0.25) is 10.1 Å². The van der Waals surface area contributed by atoms with E-state index in [1.807, 2.05) is 0 Å². The zero-order valence-corrected chi connectivity index (χ0v) is 13.0. The van der Waals surface area contributed by atoms with Gasteiger partial charge in [-0.15, -0.1) is 0 Å². The van der Waals surface area contributed by atoms with Gasteiger partial charge < -0.3 is 5.32 Å². The van der Waals surface area contributed by atoms with Crippen LogP contribution >= 0.6 is 0 Å². The summed E-state index contributed by atoms with van der Waals surface area (Å²) in [6.07, 6.45) is 8.22. The SMILES string of the molecule is C[C@H](N[C@@H]1CCCCNC1=O)c1ccc2c(c1)CCCC2. The van der Waals surface area contributed by atoms with Gasteiger partial charge in [0.15, 0.2) is 0 Å². The minimum Gasteiger partial charge on any atom is -0.355 e. The van der Waals surface area contributed by atoms with Gasteiger partial charge in [0.2, 0.25) is 5.91 Å². The van der Waals surface area contributed by atoms with Crippen LogP contribution in [0.1, 0.15) is 61.8 Å². The minimum atomic E-state index is -0.0430. The summed E-state index contributed by atoms with van der Waals surface area (Å²) < 4.78 is 0. The molecule has 3 rings (SSSR count). The van der Waals surface area contributed by atoms with E-state index in [0.717, 1.165) is 25.8 Å². The third-order valence-corrected chi connectivity index (χ3v) is 4.86. The first-order valence-corrected chi connectivity index (χ1v) is 8.39. The molecular weight excluding hydrogens is 260 g/mol. The highest BCUT2D eigenvalue weighted by atomic mass is 16.2. The molecule has 114 valence electrons. The molecule has 0 saturated carbocycles.